The average Bonchev–Trinajstić information content (AvgIpc) is 3.04. The average molecular weight is 298 g/mol. The molecule has 0 N–H and O–H groups in total. The first-order chi connectivity index (χ1) is 9.60. The Balaban J connectivity index is 2.27. The number of carbonyl (C=O) groups is 1. The van der Waals surface area contributed by atoms with Gasteiger partial charge in [-0.25, -0.2) is 9.48 Å². The minimum atomic E-state index is -0.513. The van der Waals surface area contributed by atoms with E-state index in [4.69, 9.17) is 11.6 Å². The van der Waals surface area contributed by atoms with Crippen molar-refractivity contribution in [3.8, 4) is 0 Å². The summed E-state index contributed by atoms with van der Waals surface area (Å²) in [5, 5.41) is 12.7. The molecule has 0 amide bonds. The number of carbonyl (C=O) groups excluding carboxylic acids is 1. The van der Waals surface area contributed by atoms with Crippen LogP contribution in [0.4, 0.5) is 0 Å². The highest BCUT2D eigenvalue weighted by Crippen LogP contribution is 2.22. The third-order valence-electron chi connectivity index (χ3n) is 2.94. The Morgan fingerprint density at radius 1 is 1.45 bits per heavy atom. The van der Waals surface area contributed by atoms with Gasteiger partial charge in [0.2, 0.25) is 0 Å². The van der Waals surface area contributed by atoms with Crippen molar-refractivity contribution in [2.24, 2.45) is 0 Å². The molecule has 108 valence electrons. The van der Waals surface area contributed by atoms with Crippen molar-refractivity contribution in [3.05, 3.63) is 28.3 Å². The molecular formula is C12H16ClN5O2. The summed E-state index contributed by atoms with van der Waals surface area (Å²) in [4.78, 5) is 11.3. The van der Waals surface area contributed by atoms with Gasteiger partial charge in [0.15, 0.2) is 5.69 Å². The second-order valence-electron chi connectivity index (χ2n) is 4.17. The number of nitrogens with zero attached hydrogens (tertiary/aromatic N) is 5. The van der Waals surface area contributed by atoms with E-state index in [2.05, 4.69) is 20.1 Å². The zero-order valence-electron chi connectivity index (χ0n) is 11.6. The Morgan fingerprint density at radius 3 is 2.80 bits per heavy atom. The Morgan fingerprint density at radius 2 is 2.20 bits per heavy atom. The molecule has 2 aromatic rings. The van der Waals surface area contributed by atoms with Gasteiger partial charge in [-0.3, -0.25) is 4.68 Å². The predicted octanol–water partition coefficient (Wildman–Crippen LogP) is 1.55. The van der Waals surface area contributed by atoms with Crippen molar-refractivity contribution < 1.29 is 9.53 Å². The first kappa shape index (κ1) is 14.5. The highest BCUT2D eigenvalue weighted by molar-refractivity contribution is 6.31. The first-order valence-corrected chi connectivity index (χ1v) is 6.70. The van der Waals surface area contributed by atoms with Crippen molar-refractivity contribution in [3.63, 3.8) is 0 Å². The van der Waals surface area contributed by atoms with E-state index < -0.39 is 5.97 Å². The fourth-order valence-electron chi connectivity index (χ4n) is 1.90. The number of hydrogen-bond acceptors (Lipinski definition) is 5. The number of esters is 1. The van der Waals surface area contributed by atoms with Crippen LogP contribution in [0.1, 0.15) is 35.7 Å². The van der Waals surface area contributed by atoms with Crippen LogP contribution in [0, 0.1) is 0 Å². The third kappa shape index (κ3) is 2.67. The maximum Gasteiger partial charge on any atom is 0.360 e. The van der Waals surface area contributed by atoms with E-state index in [1.54, 1.807) is 4.68 Å². The molecule has 2 heterocycles. The monoisotopic (exact) mass is 297 g/mol. The Kier molecular flexibility index (Phi) is 4.39. The van der Waals surface area contributed by atoms with Gasteiger partial charge >= 0.3 is 5.97 Å². The number of ether oxygens (including phenoxy) is 1. The Labute approximate surface area is 121 Å². The highest BCUT2D eigenvalue weighted by Gasteiger charge is 2.16. The van der Waals surface area contributed by atoms with Crippen LogP contribution < -0.4 is 0 Å². The summed E-state index contributed by atoms with van der Waals surface area (Å²) >= 11 is 6.32. The van der Waals surface area contributed by atoms with E-state index in [9.17, 15) is 4.79 Å². The van der Waals surface area contributed by atoms with Crippen LogP contribution in [0.15, 0.2) is 6.20 Å². The van der Waals surface area contributed by atoms with E-state index in [-0.39, 0.29) is 5.69 Å². The molecule has 8 heteroatoms. The van der Waals surface area contributed by atoms with Crippen LogP contribution in [0.25, 0.3) is 0 Å². The molecule has 0 fully saturated rings. The molecular weight excluding hydrogens is 282 g/mol. The normalized spacial score (nSPS) is 10.8. The van der Waals surface area contributed by atoms with Gasteiger partial charge in [0.05, 0.1) is 36.3 Å². The lowest BCUT2D eigenvalue weighted by molar-refractivity contribution is 0.0594. The molecule has 0 atom stereocenters. The van der Waals surface area contributed by atoms with Crippen molar-refractivity contribution >= 4 is 17.6 Å². The minimum absolute atomic E-state index is 0.168. The summed E-state index contributed by atoms with van der Waals surface area (Å²) in [6.45, 7) is 5.12. The van der Waals surface area contributed by atoms with E-state index in [1.807, 2.05) is 18.5 Å². The smallest absolute Gasteiger partial charge is 0.360 e. The number of rotatable bonds is 5. The van der Waals surface area contributed by atoms with Gasteiger partial charge in [0, 0.05) is 6.54 Å². The molecule has 0 bridgehead atoms. The number of hydrogen-bond donors (Lipinski definition) is 0. The lowest BCUT2D eigenvalue weighted by atomic mass is 10.3. The molecule has 0 aliphatic heterocycles. The molecule has 0 aromatic carbocycles. The predicted molar refractivity (Wildman–Crippen MR) is 72.8 cm³/mol. The number of aryl methyl sites for hydroxylation is 2. The summed E-state index contributed by atoms with van der Waals surface area (Å²) in [7, 11) is 1.30. The number of aromatic nitrogens is 5. The molecule has 2 aromatic heterocycles. The molecule has 2 rings (SSSR count). The largest absolute Gasteiger partial charge is 0.464 e. The van der Waals surface area contributed by atoms with Gasteiger partial charge < -0.3 is 4.74 Å². The van der Waals surface area contributed by atoms with Crippen LogP contribution in [0.2, 0.25) is 5.02 Å². The van der Waals surface area contributed by atoms with Gasteiger partial charge in [0.25, 0.3) is 0 Å². The Hall–Kier alpha value is -1.89. The summed E-state index contributed by atoms with van der Waals surface area (Å²) in [5.41, 5.74) is 1.88. The Bertz CT molecular complexity index is 619. The second-order valence-corrected chi connectivity index (χ2v) is 4.55. The van der Waals surface area contributed by atoms with Crippen LogP contribution in [0.3, 0.4) is 0 Å². The molecule has 0 saturated heterocycles. The van der Waals surface area contributed by atoms with E-state index in [0.29, 0.717) is 18.1 Å². The summed E-state index contributed by atoms with van der Waals surface area (Å²) in [6.07, 6.45) is 2.30. The SMILES string of the molecule is CCc1nn(CC)c(Cn2cc(C(=O)OC)nn2)c1Cl. The van der Waals surface area contributed by atoms with Crippen molar-refractivity contribution in [1.82, 2.24) is 24.8 Å². The van der Waals surface area contributed by atoms with Crippen molar-refractivity contribution in [1.29, 1.82) is 0 Å². The van der Waals surface area contributed by atoms with E-state index in [1.165, 1.54) is 13.3 Å². The highest BCUT2D eigenvalue weighted by atomic mass is 35.5. The zero-order chi connectivity index (χ0) is 14.7. The first-order valence-electron chi connectivity index (χ1n) is 6.33. The fourth-order valence-corrected chi connectivity index (χ4v) is 2.22. The molecule has 0 spiro atoms. The fraction of sp³-hybridized carbons (Fsp3) is 0.500. The molecule has 20 heavy (non-hydrogen) atoms. The van der Waals surface area contributed by atoms with Gasteiger partial charge in [-0.2, -0.15) is 5.10 Å². The van der Waals surface area contributed by atoms with Gasteiger partial charge in [-0.05, 0) is 13.3 Å². The van der Waals surface area contributed by atoms with Gasteiger partial charge in [0.1, 0.15) is 0 Å². The van der Waals surface area contributed by atoms with Crippen LogP contribution in [-0.4, -0.2) is 37.9 Å². The molecule has 7 nitrogen and oxygen atoms in total. The van der Waals surface area contributed by atoms with E-state index >= 15 is 0 Å². The number of methoxy groups -OCH3 is 1. The van der Waals surface area contributed by atoms with Crippen LogP contribution in [-0.2, 0) is 24.2 Å². The van der Waals surface area contributed by atoms with Crippen molar-refractivity contribution in [2.45, 2.75) is 33.4 Å². The number of halogens is 1. The lowest BCUT2D eigenvalue weighted by Gasteiger charge is -2.04. The maximum absolute atomic E-state index is 11.3. The van der Waals surface area contributed by atoms with Crippen LogP contribution >= 0.6 is 11.6 Å². The lowest BCUT2D eigenvalue weighted by Crippen LogP contribution is -2.09. The topological polar surface area (TPSA) is 74.8 Å². The summed E-state index contributed by atoms with van der Waals surface area (Å²) < 4.78 is 7.97. The zero-order valence-corrected chi connectivity index (χ0v) is 12.4. The maximum atomic E-state index is 11.3. The molecule has 0 aliphatic carbocycles. The molecule has 0 saturated carbocycles. The standard InChI is InChI=1S/C12H16ClN5O2/c1-4-8-11(13)10(18(5-2)15-8)7-17-6-9(14-16-17)12(19)20-3/h6H,4-5,7H2,1-3H3. The van der Waals surface area contributed by atoms with Gasteiger partial charge in [-0.1, -0.05) is 23.7 Å². The minimum Gasteiger partial charge on any atom is -0.464 e. The second kappa shape index (κ2) is 6.04. The molecule has 0 radical (unpaired) electrons. The van der Waals surface area contributed by atoms with Crippen LogP contribution in [0.5, 0.6) is 0 Å². The molecule has 0 unspecified atom stereocenters. The summed E-state index contributed by atoms with van der Waals surface area (Å²) in [6, 6.07) is 0. The van der Waals surface area contributed by atoms with Crippen molar-refractivity contribution in [2.75, 3.05) is 7.11 Å². The van der Waals surface area contributed by atoms with E-state index in [0.717, 1.165) is 17.8 Å². The molecule has 0 aliphatic rings. The quantitative estimate of drug-likeness (QED) is 0.783. The van der Waals surface area contributed by atoms with Gasteiger partial charge in [-0.15, -0.1) is 5.10 Å². The summed E-state index contributed by atoms with van der Waals surface area (Å²) in [5.74, 6) is -0.513. The third-order valence-corrected chi connectivity index (χ3v) is 3.38.